The predicted molar refractivity (Wildman–Crippen MR) is 88.8 cm³/mol. The van der Waals surface area contributed by atoms with Crippen molar-refractivity contribution in [3.63, 3.8) is 0 Å². The number of hydrogen-bond donors (Lipinski definition) is 4. The van der Waals surface area contributed by atoms with Crippen LogP contribution in [0.3, 0.4) is 0 Å². The van der Waals surface area contributed by atoms with Gasteiger partial charge in [0, 0.05) is 0 Å². The maximum atomic E-state index is 7.42. The summed E-state index contributed by atoms with van der Waals surface area (Å²) in [6.45, 7) is 0. The Bertz CT molecular complexity index is 404. The molecule has 3 rings (SSSR count). The van der Waals surface area contributed by atoms with Gasteiger partial charge in [-0.15, -0.1) is 0 Å². The van der Waals surface area contributed by atoms with E-state index >= 15 is 0 Å². The fourth-order valence-corrected chi connectivity index (χ4v) is 5.58. The lowest BCUT2D eigenvalue weighted by molar-refractivity contribution is -0.0585. The molecule has 23 heavy (non-hydrogen) atoms. The maximum absolute atomic E-state index is 7.42. The lowest BCUT2D eigenvalue weighted by Crippen LogP contribution is -2.42. The van der Waals surface area contributed by atoms with E-state index in [1.54, 1.807) is 0 Å². The molecule has 3 aliphatic carbocycles. The molecule has 4 nitrogen and oxygen atoms in total. The second-order valence-electron chi connectivity index (χ2n) is 8.30. The van der Waals surface area contributed by atoms with Crippen LogP contribution >= 0.6 is 0 Å². The molecule has 4 heteroatoms. The molecule has 0 heterocycles. The van der Waals surface area contributed by atoms with Crippen LogP contribution in [-0.4, -0.2) is 50.6 Å². The van der Waals surface area contributed by atoms with Crippen molar-refractivity contribution < 1.29 is 20.4 Å². The summed E-state index contributed by atoms with van der Waals surface area (Å²) in [5, 5.41) is 19.4. The van der Waals surface area contributed by atoms with Gasteiger partial charge in [-0.2, -0.15) is 0 Å². The molecule has 0 aromatic rings. The van der Waals surface area contributed by atoms with Gasteiger partial charge < -0.3 is 20.4 Å². The van der Waals surface area contributed by atoms with Gasteiger partial charge >= 0.3 is 0 Å². The normalized spacial score (nSPS) is 49.5. The molecule has 0 radical (unpaired) electrons. The second-order valence-corrected chi connectivity index (χ2v) is 8.30. The van der Waals surface area contributed by atoms with E-state index in [2.05, 4.69) is 0 Å². The number of hydrogen-bond acceptors (Lipinski definition) is 4. The van der Waals surface area contributed by atoms with E-state index in [0.29, 0.717) is 23.7 Å². The molecule has 0 aromatic heterocycles. The molecule has 3 saturated carbocycles. The summed E-state index contributed by atoms with van der Waals surface area (Å²) in [6.07, 6.45) is 10.4. The van der Waals surface area contributed by atoms with Crippen molar-refractivity contribution >= 4 is 0 Å². The van der Waals surface area contributed by atoms with Crippen molar-refractivity contribution in [2.45, 2.75) is 95.0 Å². The predicted octanol–water partition coefficient (Wildman–Crippen LogP) is 2.23. The van der Waals surface area contributed by atoms with Crippen molar-refractivity contribution in [1.29, 1.82) is 5.72 Å². The van der Waals surface area contributed by atoms with Crippen LogP contribution in [0.4, 0.5) is 0 Å². The highest BCUT2D eigenvalue weighted by Gasteiger charge is 2.41. The Morgan fingerprint density at radius 3 is 1.57 bits per heavy atom. The first-order chi connectivity index (χ1) is 13.2. The van der Waals surface area contributed by atoms with Crippen LogP contribution < -0.4 is 0 Å². The van der Waals surface area contributed by atoms with Crippen molar-refractivity contribution in [2.75, 3.05) is 0 Å². The van der Waals surface area contributed by atoms with E-state index in [9.17, 15) is 0 Å². The topological polar surface area (TPSA) is 80.9 Å². The van der Waals surface area contributed by atoms with Crippen molar-refractivity contribution in [2.24, 2.45) is 23.7 Å². The molecule has 134 valence electrons. The fraction of sp³-hybridized carbons (Fsp3) is 1.00. The average Bonchev–Trinajstić information content (AvgIpc) is 2.74. The molecule has 0 amide bonds. The molecule has 4 N–H and O–H groups in total. The first-order valence-electron chi connectivity index (χ1n) is 11.3. The molecule has 0 bridgehead atoms. The largest absolute Gasteiger partial charge is 0.393 e. The van der Waals surface area contributed by atoms with E-state index in [0.717, 1.165) is 70.6 Å². The summed E-state index contributed by atoms with van der Waals surface area (Å²) >= 11 is 0. The molecule has 0 aromatic carbocycles. The van der Waals surface area contributed by atoms with Crippen molar-refractivity contribution in [3.8, 4) is 0 Å². The molecule has 0 aliphatic heterocycles. The van der Waals surface area contributed by atoms with Crippen LogP contribution in [0.5, 0.6) is 0 Å². The molecule has 0 saturated heterocycles. The van der Waals surface area contributed by atoms with E-state index < -0.39 is 0 Å². The maximum Gasteiger partial charge on any atom is 0.211 e. The van der Waals surface area contributed by atoms with Gasteiger partial charge in [-0.25, -0.2) is 0 Å². The van der Waals surface area contributed by atoms with Crippen LogP contribution in [0.2, 0.25) is 0 Å². The minimum Gasteiger partial charge on any atom is -0.393 e. The zero-order chi connectivity index (χ0) is 19.2. The first kappa shape index (κ1) is 13.1. The summed E-state index contributed by atoms with van der Waals surface area (Å²) in [4.78, 5) is 0. The van der Waals surface area contributed by atoms with E-state index in [-0.39, 0.29) is 24.4 Å². The minimum atomic E-state index is -0.315. The van der Waals surface area contributed by atoms with Gasteiger partial charge in [-0.1, -0.05) is 0 Å². The highest BCUT2D eigenvalue weighted by Crippen LogP contribution is 2.47. The zero-order valence-electron chi connectivity index (χ0n) is 18.0. The van der Waals surface area contributed by atoms with Gasteiger partial charge in [0.1, 0.15) is 0 Å². The third-order valence-electron chi connectivity index (χ3n) is 6.84. The van der Waals surface area contributed by atoms with Gasteiger partial charge in [0.2, 0.25) is 5.72 Å². The molecular weight excluding hydrogens is 292 g/mol. The third-order valence-corrected chi connectivity index (χ3v) is 6.84. The smallest absolute Gasteiger partial charge is 0.211 e. The first-order valence-corrected chi connectivity index (χ1v) is 9.68. The average molecular weight is 331 g/mol. The molecule has 3 unspecified atom stereocenters. The van der Waals surface area contributed by atoms with Gasteiger partial charge in [0.15, 0.2) is 0 Å². The highest BCUT2D eigenvalue weighted by molar-refractivity contribution is 4.92. The van der Waals surface area contributed by atoms with Crippen LogP contribution in [-0.2, 0) is 0 Å². The SMILES string of the molecule is [2H]OC1CCC(C(C2CCC(O[2H])CC2)C2CCC(O[2H])C(O[2H])C2)CC1. The Labute approximate surface area is 145 Å². The Morgan fingerprint density at radius 2 is 1.09 bits per heavy atom. The standard InChI is InChI=1S/C19H34O4/c20-15-6-1-12(2-7-15)19(13-3-8-16(21)9-4-13)14-5-10-17(22)18(23)11-14/h12-23H,1-11H2/i20D,21D,22D,23D. The number of aliphatic hydroxyl groups is 4. The van der Waals surface area contributed by atoms with E-state index in [1.165, 1.54) is 0 Å². The van der Waals surface area contributed by atoms with Gasteiger partial charge in [0.05, 0.1) is 24.4 Å². The quantitative estimate of drug-likeness (QED) is 0.577. The summed E-state index contributed by atoms with van der Waals surface area (Å²) in [6, 6.07) is 0. The van der Waals surface area contributed by atoms with Gasteiger partial charge in [0.25, 0.3) is 0 Å². The fourth-order valence-electron chi connectivity index (χ4n) is 5.58. The van der Waals surface area contributed by atoms with Gasteiger partial charge in [-0.05, 0) is 94.3 Å². The zero-order valence-corrected chi connectivity index (χ0v) is 14.0. The van der Waals surface area contributed by atoms with Crippen LogP contribution in [0.25, 0.3) is 0 Å². The second kappa shape index (κ2) is 7.81. The Kier molecular flexibility index (Phi) is 4.45. The number of aliphatic hydroxyl groups excluding tert-OH is 4. The highest BCUT2D eigenvalue weighted by atomic mass is 16.3. The van der Waals surface area contributed by atoms with Gasteiger partial charge in [-0.3, -0.25) is 0 Å². The Balaban J connectivity index is 1.70. The Hall–Kier alpha value is -0.160. The number of rotatable bonds is 7. The molecule has 0 spiro atoms. The van der Waals surface area contributed by atoms with Crippen molar-refractivity contribution in [1.82, 2.24) is 0 Å². The lowest BCUT2D eigenvalue weighted by atomic mass is 9.61. The van der Waals surface area contributed by atoms with Crippen LogP contribution in [0.15, 0.2) is 0 Å². The molecule has 3 fully saturated rings. The lowest BCUT2D eigenvalue weighted by Gasteiger charge is -2.46. The summed E-state index contributed by atoms with van der Waals surface area (Å²) < 4.78 is 29.1. The minimum absolute atomic E-state index is 0.0751. The monoisotopic (exact) mass is 330 g/mol. The van der Waals surface area contributed by atoms with Crippen LogP contribution in [0, 0.1) is 23.7 Å². The summed E-state index contributed by atoms with van der Waals surface area (Å²) in [5.74, 6) is 2.32. The summed E-state index contributed by atoms with van der Waals surface area (Å²) in [7, 11) is 0. The van der Waals surface area contributed by atoms with E-state index in [4.69, 9.17) is 26.2 Å². The molecule has 3 atom stereocenters. The van der Waals surface area contributed by atoms with Crippen LogP contribution in [0.1, 0.15) is 70.6 Å². The third kappa shape index (κ3) is 4.28. The Morgan fingerprint density at radius 1 is 0.565 bits per heavy atom. The van der Waals surface area contributed by atoms with E-state index in [1.807, 2.05) is 0 Å². The van der Waals surface area contributed by atoms with Crippen molar-refractivity contribution in [3.05, 3.63) is 0 Å². The molecular formula is C19H34O4. The summed E-state index contributed by atoms with van der Waals surface area (Å²) in [5.41, 5.74) is 0. The molecule has 3 aliphatic rings.